The number of hydrogen-bond acceptors (Lipinski definition) is 2. The number of ketones is 1. The van der Waals surface area contributed by atoms with E-state index in [9.17, 15) is 9.59 Å². The van der Waals surface area contributed by atoms with Gasteiger partial charge in [-0.05, 0) is 55.9 Å². The van der Waals surface area contributed by atoms with Crippen LogP contribution in [-0.4, -0.2) is 34.2 Å². The first-order valence-corrected chi connectivity index (χ1v) is 8.46. The molecule has 4 heteroatoms. The maximum absolute atomic E-state index is 13.0. The maximum Gasteiger partial charge on any atom is 0.270 e. The summed E-state index contributed by atoms with van der Waals surface area (Å²) in [6, 6.07) is 6.19. The first-order chi connectivity index (χ1) is 11.0. The lowest BCUT2D eigenvalue weighted by Crippen LogP contribution is -2.47. The molecular formula is C19H22N2O2. The summed E-state index contributed by atoms with van der Waals surface area (Å²) in [7, 11) is 0. The molecule has 2 heterocycles. The minimum Gasteiger partial charge on any atom is -0.351 e. The van der Waals surface area contributed by atoms with Crippen LogP contribution in [0, 0.1) is 19.8 Å². The second kappa shape index (κ2) is 5.22. The van der Waals surface area contributed by atoms with Gasteiger partial charge in [-0.25, -0.2) is 0 Å². The van der Waals surface area contributed by atoms with Crippen molar-refractivity contribution >= 4 is 22.6 Å². The standard InChI is InChI=1S/C19H22N2O2/c1-11-3-6-16-15(12(11)2)10-17(20-16)19(23)21-8-7-14(22)9-18(21)13-4-5-13/h3,6,10,13,18,20H,4-5,7-9H2,1-2H3. The van der Waals surface area contributed by atoms with Gasteiger partial charge >= 0.3 is 0 Å². The third-order valence-electron chi connectivity index (χ3n) is 5.47. The van der Waals surface area contributed by atoms with Gasteiger partial charge in [0.15, 0.2) is 0 Å². The Balaban J connectivity index is 1.68. The van der Waals surface area contributed by atoms with E-state index >= 15 is 0 Å². The molecule has 4 rings (SSSR count). The normalized spacial score (nSPS) is 21.9. The number of Topliss-reactive ketones (excluding diaryl/α,β-unsaturated/α-hetero) is 1. The Kier molecular flexibility index (Phi) is 3.29. The number of aromatic nitrogens is 1. The van der Waals surface area contributed by atoms with E-state index in [1.54, 1.807) is 0 Å². The quantitative estimate of drug-likeness (QED) is 0.924. The molecule has 0 bridgehead atoms. The molecule has 0 radical (unpaired) electrons. The van der Waals surface area contributed by atoms with Gasteiger partial charge in [-0.3, -0.25) is 9.59 Å². The Bertz CT molecular complexity index is 801. The number of likely N-dealkylation sites (tertiary alicyclic amines) is 1. The molecule has 1 saturated carbocycles. The summed E-state index contributed by atoms with van der Waals surface area (Å²) in [6.07, 6.45) is 3.32. The number of nitrogens with one attached hydrogen (secondary N) is 1. The molecule has 2 aliphatic rings. The number of carbonyl (C=O) groups is 2. The van der Waals surface area contributed by atoms with E-state index in [1.165, 1.54) is 11.1 Å². The third kappa shape index (κ3) is 2.46. The van der Waals surface area contributed by atoms with Crippen LogP contribution in [0.2, 0.25) is 0 Å². The topological polar surface area (TPSA) is 53.2 Å². The van der Waals surface area contributed by atoms with Crippen LogP contribution in [0.4, 0.5) is 0 Å². The van der Waals surface area contributed by atoms with E-state index in [0.29, 0.717) is 36.8 Å². The fourth-order valence-corrected chi connectivity index (χ4v) is 3.74. The summed E-state index contributed by atoms with van der Waals surface area (Å²) in [5.41, 5.74) is 4.10. The van der Waals surface area contributed by atoms with E-state index in [-0.39, 0.29) is 11.9 Å². The summed E-state index contributed by atoms with van der Waals surface area (Å²) >= 11 is 0. The van der Waals surface area contributed by atoms with Crippen molar-refractivity contribution in [1.29, 1.82) is 0 Å². The smallest absolute Gasteiger partial charge is 0.270 e. The monoisotopic (exact) mass is 310 g/mol. The first kappa shape index (κ1) is 14.5. The highest BCUT2D eigenvalue weighted by Gasteiger charge is 2.41. The van der Waals surface area contributed by atoms with E-state index in [1.807, 2.05) is 17.0 Å². The van der Waals surface area contributed by atoms with Crippen LogP contribution in [-0.2, 0) is 4.79 Å². The highest BCUT2D eigenvalue weighted by molar-refractivity contribution is 6.00. The molecule has 1 amide bonds. The van der Waals surface area contributed by atoms with Crippen LogP contribution in [0.15, 0.2) is 18.2 Å². The van der Waals surface area contributed by atoms with E-state index in [4.69, 9.17) is 0 Å². The van der Waals surface area contributed by atoms with Gasteiger partial charge < -0.3 is 9.88 Å². The minimum atomic E-state index is 0.0441. The molecule has 1 saturated heterocycles. The lowest BCUT2D eigenvalue weighted by Gasteiger charge is -2.35. The van der Waals surface area contributed by atoms with Gasteiger partial charge in [0.05, 0.1) is 0 Å². The van der Waals surface area contributed by atoms with Crippen molar-refractivity contribution in [1.82, 2.24) is 9.88 Å². The summed E-state index contributed by atoms with van der Waals surface area (Å²) in [6.45, 7) is 4.74. The number of aryl methyl sites for hydroxylation is 2. The Morgan fingerprint density at radius 1 is 1.26 bits per heavy atom. The zero-order valence-corrected chi connectivity index (χ0v) is 13.7. The SMILES string of the molecule is Cc1ccc2[nH]c(C(=O)N3CCC(=O)CC3C3CC3)cc2c1C. The molecule has 1 aliphatic carbocycles. The number of H-pyrrole nitrogens is 1. The molecule has 2 fully saturated rings. The zero-order chi connectivity index (χ0) is 16.1. The van der Waals surface area contributed by atoms with Crippen molar-refractivity contribution < 1.29 is 9.59 Å². The predicted octanol–water partition coefficient (Wildman–Crippen LogP) is 3.37. The van der Waals surface area contributed by atoms with E-state index in [2.05, 4.69) is 24.9 Å². The Morgan fingerprint density at radius 2 is 2.04 bits per heavy atom. The van der Waals surface area contributed by atoms with Gasteiger partial charge in [0.25, 0.3) is 5.91 Å². The molecule has 2 aromatic rings. The number of carbonyl (C=O) groups excluding carboxylic acids is 2. The van der Waals surface area contributed by atoms with Crippen LogP contribution >= 0.6 is 0 Å². The number of amides is 1. The van der Waals surface area contributed by atoms with Gasteiger partial charge in [0, 0.05) is 36.3 Å². The first-order valence-electron chi connectivity index (χ1n) is 8.46. The van der Waals surface area contributed by atoms with Gasteiger partial charge in [0.1, 0.15) is 11.5 Å². The van der Waals surface area contributed by atoms with E-state index in [0.717, 1.165) is 23.7 Å². The molecule has 1 N–H and O–H groups in total. The number of rotatable bonds is 2. The Labute approximate surface area is 135 Å². The van der Waals surface area contributed by atoms with Crippen LogP contribution in [0.3, 0.4) is 0 Å². The number of hydrogen-bond donors (Lipinski definition) is 1. The van der Waals surface area contributed by atoms with Crippen LogP contribution in [0.1, 0.15) is 47.3 Å². The molecule has 1 aliphatic heterocycles. The van der Waals surface area contributed by atoms with Crippen molar-refractivity contribution in [3.63, 3.8) is 0 Å². The Hall–Kier alpha value is -2.10. The zero-order valence-electron chi connectivity index (χ0n) is 13.7. The number of nitrogens with zero attached hydrogens (tertiary/aromatic N) is 1. The predicted molar refractivity (Wildman–Crippen MR) is 89.6 cm³/mol. The van der Waals surface area contributed by atoms with Crippen molar-refractivity contribution in [3.05, 3.63) is 35.0 Å². The number of aromatic amines is 1. The minimum absolute atomic E-state index is 0.0441. The fraction of sp³-hybridized carbons (Fsp3) is 0.474. The third-order valence-corrected chi connectivity index (χ3v) is 5.47. The van der Waals surface area contributed by atoms with Gasteiger partial charge in [0.2, 0.25) is 0 Å². The van der Waals surface area contributed by atoms with Gasteiger partial charge in [-0.15, -0.1) is 0 Å². The summed E-state index contributed by atoms with van der Waals surface area (Å²) in [5.74, 6) is 0.869. The highest BCUT2D eigenvalue weighted by Crippen LogP contribution is 2.39. The molecule has 1 aromatic carbocycles. The van der Waals surface area contributed by atoms with Crippen molar-refractivity contribution in [3.8, 4) is 0 Å². The van der Waals surface area contributed by atoms with Gasteiger partial charge in [-0.2, -0.15) is 0 Å². The average molecular weight is 310 g/mol. The molecule has 1 atom stereocenters. The number of benzene rings is 1. The maximum atomic E-state index is 13.0. The molecule has 23 heavy (non-hydrogen) atoms. The second-order valence-electron chi connectivity index (χ2n) is 7.05. The van der Waals surface area contributed by atoms with E-state index < -0.39 is 0 Å². The van der Waals surface area contributed by atoms with Crippen molar-refractivity contribution in [2.75, 3.05) is 6.54 Å². The van der Waals surface area contributed by atoms with Crippen molar-refractivity contribution in [2.45, 2.75) is 45.6 Å². The molecule has 0 spiro atoms. The van der Waals surface area contributed by atoms with Gasteiger partial charge in [-0.1, -0.05) is 6.07 Å². The molecule has 120 valence electrons. The molecular weight excluding hydrogens is 288 g/mol. The molecule has 1 unspecified atom stereocenters. The highest BCUT2D eigenvalue weighted by atomic mass is 16.2. The number of fused-ring (bicyclic) bond motifs is 1. The Morgan fingerprint density at radius 3 is 2.78 bits per heavy atom. The summed E-state index contributed by atoms with van der Waals surface area (Å²) < 4.78 is 0. The van der Waals surface area contributed by atoms with Crippen LogP contribution in [0.5, 0.6) is 0 Å². The second-order valence-corrected chi connectivity index (χ2v) is 7.05. The number of piperidine rings is 1. The largest absolute Gasteiger partial charge is 0.351 e. The molecule has 4 nitrogen and oxygen atoms in total. The van der Waals surface area contributed by atoms with Crippen molar-refractivity contribution in [2.24, 2.45) is 5.92 Å². The lowest BCUT2D eigenvalue weighted by atomic mass is 9.96. The summed E-state index contributed by atoms with van der Waals surface area (Å²) in [4.78, 5) is 30.0. The van der Waals surface area contributed by atoms with Crippen LogP contribution < -0.4 is 0 Å². The van der Waals surface area contributed by atoms with Crippen LogP contribution in [0.25, 0.3) is 10.9 Å². The molecule has 1 aromatic heterocycles. The summed E-state index contributed by atoms with van der Waals surface area (Å²) in [5, 5.41) is 1.12. The average Bonchev–Trinajstić information content (AvgIpc) is 3.29. The lowest BCUT2D eigenvalue weighted by molar-refractivity contribution is -0.122. The fourth-order valence-electron chi connectivity index (χ4n) is 3.74.